The molecule has 8 bridgehead atoms. The maximum atomic E-state index is 5.32. The molecule has 3 heteroatoms. The van der Waals surface area contributed by atoms with Gasteiger partial charge in [-0.1, -0.05) is 79.7 Å². The first kappa shape index (κ1) is 28.3. The van der Waals surface area contributed by atoms with Gasteiger partial charge in [0.1, 0.15) is 0 Å². The molecule has 0 atom stereocenters. The van der Waals surface area contributed by atoms with Crippen molar-refractivity contribution in [2.75, 3.05) is 0 Å². The number of aryl methyl sites for hydroxylation is 3. The fourth-order valence-electron chi connectivity index (χ4n) is 7.45. The number of hydrogen-bond donors (Lipinski definition) is 2. The summed E-state index contributed by atoms with van der Waals surface area (Å²) in [5, 5.41) is 0. The van der Waals surface area contributed by atoms with Gasteiger partial charge in [-0.25, -0.2) is 4.98 Å². The number of allylic oxidation sites excluding steroid dienone is 2. The van der Waals surface area contributed by atoms with Gasteiger partial charge in [-0.3, -0.25) is 0 Å². The zero-order chi connectivity index (χ0) is 30.1. The van der Waals surface area contributed by atoms with Crippen molar-refractivity contribution in [3.8, 4) is 22.3 Å². The molecule has 6 rings (SSSR count). The van der Waals surface area contributed by atoms with Crippen LogP contribution < -0.4 is 0 Å². The van der Waals surface area contributed by atoms with Gasteiger partial charge in [0.05, 0.1) is 11.4 Å². The molecule has 0 amide bonds. The van der Waals surface area contributed by atoms with E-state index in [2.05, 4.69) is 134 Å². The van der Waals surface area contributed by atoms with E-state index in [9.17, 15) is 0 Å². The predicted octanol–water partition coefficient (Wildman–Crippen LogP) is 11.0. The van der Waals surface area contributed by atoms with Crippen LogP contribution in [0.15, 0.2) is 54.6 Å². The van der Waals surface area contributed by atoms with Crippen LogP contribution in [-0.2, 0) is 18.3 Å². The van der Waals surface area contributed by atoms with Crippen molar-refractivity contribution in [3.05, 3.63) is 88.2 Å². The molecule has 216 valence electrons. The summed E-state index contributed by atoms with van der Waals surface area (Å²) in [5.74, 6) is 0. The van der Waals surface area contributed by atoms with Crippen LogP contribution in [0.4, 0.5) is 0 Å². The number of fused-ring (bicyclic) bond motifs is 11. The summed E-state index contributed by atoms with van der Waals surface area (Å²) in [6.07, 6.45) is 1.95. The molecule has 0 radical (unpaired) electrons. The lowest BCUT2D eigenvalue weighted by molar-refractivity contribution is 0.567. The second-order valence-electron chi connectivity index (χ2n) is 14.1. The molecule has 1 aliphatic heterocycles. The van der Waals surface area contributed by atoms with Crippen molar-refractivity contribution in [3.63, 3.8) is 0 Å². The molecule has 1 aromatic carbocycles. The number of nitrogens with one attached hydrogen (secondary N) is 2. The third-order valence-corrected chi connectivity index (χ3v) is 9.09. The third-order valence-electron chi connectivity index (χ3n) is 9.09. The molecule has 0 saturated carbocycles. The first-order chi connectivity index (χ1) is 19.8. The molecule has 0 spiro atoms. The van der Waals surface area contributed by atoms with Crippen LogP contribution in [0.25, 0.3) is 55.5 Å². The van der Waals surface area contributed by atoms with Crippen LogP contribution in [0.5, 0.6) is 0 Å². The van der Waals surface area contributed by atoms with E-state index in [1.165, 1.54) is 77.7 Å². The first-order valence-electron chi connectivity index (χ1n) is 15.5. The van der Waals surface area contributed by atoms with Crippen molar-refractivity contribution in [1.82, 2.24) is 15.0 Å². The van der Waals surface area contributed by atoms with Gasteiger partial charge in [-0.05, 0) is 124 Å². The Balaban J connectivity index is 1.85. The lowest BCUT2D eigenvalue weighted by Gasteiger charge is -2.21. The maximum Gasteiger partial charge on any atom is 0.0698 e. The Kier molecular flexibility index (Phi) is 6.64. The molecule has 4 aromatic rings. The molecule has 0 fully saturated rings. The lowest BCUT2D eigenvalue weighted by atomic mass is 9.82. The molecule has 3 nitrogen and oxygen atoms in total. The number of H-pyrrole nitrogens is 2. The Morgan fingerprint density at radius 2 is 1.19 bits per heavy atom. The summed E-state index contributed by atoms with van der Waals surface area (Å²) < 4.78 is 0. The highest BCUT2D eigenvalue weighted by Gasteiger charge is 2.28. The van der Waals surface area contributed by atoms with Gasteiger partial charge in [-0.15, -0.1) is 0 Å². The molecular weight excluding hydrogens is 510 g/mol. The highest BCUT2D eigenvalue weighted by atomic mass is 14.8. The van der Waals surface area contributed by atoms with Crippen LogP contribution in [0, 0.1) is 12.3 Å². The highest BCUT2D eigenvalue weighted by molar-refractivity contribution is 5.97. The molecule has 2 aliphatic rings. The van der Waals surface area contributed by atoms with Crippen LogP contribution in [0.1, 0.15) is 96.0 Å². The Bertz CT molecular complexity index is 1930. The number of aromatic nitrogens is 3. The van der Waals surface area contributed by atoms with E-state index < -0.39 is 0 Å². The zero-order valence-electron chi connectivity index (χ0n) is 27.1. The largest absolute Gasteiger partial charge is 0.355 e. The minimum atomic E-state index is -0.0358. The normalized spacial score (nSPS) is 13.6. The second kappa shape index (κ2) is 9.87. The minimum absolute atomic E-state index is 0.00951. The van der Waals surface area contributed by atoms with Crippen molar-refractivity contribution < 1.29 is 0 Å². The summed E-state index contributed by atoms with van der Waals surface area (Å²) >= 11 is 0. The highest BCUT2D eigenvalue weighted by Crippen LogP contribution is 2.45. The summed E-state index contributed by atoms with van der Waals surface area (Å²) in [6, 6.07) is 20.4. The van der Waals surface area contributed by atoms with Gasteiger partial charge in [0, 0.05) is 22.1 Å². The number of rotatable bonds is 2. The number of hydrogen-bond acceptors (Lipinski definition) is 1. The Labute approximate surface area is 251 Å². The molecule has 2 N–H and O–H groups in total. The van der Waals surface area contributed by atoms with Crippen molar-refractivity contribution in [2.45, 2.75) is 87.5 Å². The van der Waals surface area contributed by atoms with Crippen molar-refractivity contribution in [1.29, 1.82) is 0 Å². The van der Waals surface area contributed by atoms with Crippen LogP contribution in [0.2, 0.25) is 0 Å². The Morgan fingerprint density at radius 3 is 1.76 bits per heavy atom. The molecule has 1 aliphatic carbocycles. The molecular formula is C39H45N3. The molecule has 42 heavy (non-hydrogen) atoms. The summed E-state index contributed by atoms with van der Waals surface area (Å²) in [7, 11) is 0. The third kappa shape index (κ3) is 4.54. The zero-order valence-corrected chi connectivity index (χ0v) is 27.1. The van der Waals surface area contributed by atoms with E-state index in [-0.39, 0.29) is 10.8 Å². The Hall–Kier alpha value is -3.85. The number of benzene rings is 1. The van der Waals surface area contributed by atoms with Crippen LogP contribution in [0.3, 0.4) is 0 Å². The Morgan fingerprint density at radius 1 is 0.619 bits per heavy atom. The molecule has 4 heterocycles. The van der Waals surface area contributed by atoms with E-state index in [0.29, 0.717) is 0 Å². The van der Waals surface area contributed by atoms with E-state index in [1.807, 2.05) is 0 Å². The van der Waals surface area contributed by atoms with E-state index >= 15 is 0 Å². The van der Waals surface area contributed by atoms with E-state index in [0.717, 1.165) is 24.2 Å². The average molecular weight is 556 g/mol. The van der Waals surface area contributed by atoms with E-state index in [1.54, 1.807) is 0 Å². The lowest BCUT2D eigenvalue weighted by Crippen LogP contribution is -2.11. The topological polar surface area (TPSA) is 44.5 Å². The van der Waals surface area contributed by atoms with Gasteiger partial charge in [0.2, 0.25) is 0 Å². The quantitative estimate of drug-likeness (QED) is 0.223. The fraction of sp³-hybridized carbons (Fsp3) is 0.359. The smallest absolute Gasteiger partial charge is 0.0698 e. The predicted molar refractivity (Wildman–Crippen MR) is 182 cm³/mol. The van der Waals surface area contributed by atoms with Gasteiger partial charge in [0.25, 0.3) is 0 Å². The summed E-state index contributed by atoms with van der Waals surface area (Å²) in [4.78, 5) is 13.1. The number of nitrogens with zero attached hydrogens (tertiary/aromatic N) is 1. The van der Waals surface area contributed by atoms with Crippen LogP contribution in [-0.4, -0.2) is 15.0 Å². The van der Waals surface area contributed by atoms with Gasteiger partial charge in [-0.2, -0.15) is 0 Å². The SMILES string of the molecule is CCc1c(CC)c2cc3[nH]c(cc4cc(cc5nc(cc1[nH]2)C(C(C)(C)C)=C5C)-c1ccccc1-4)c(C)c3C(C)(C)C. The van der Waals surface area contributed by atoms with E-state index in [4.69, 9.17) is 4.98 Å². The molecule has 0 saturated heterocycles. The van der Waals surface area contributed by atoms with Gasteiger partial charge in [0.15, 0.2) is 0 Å². The maximum absolute atomic E-state index is 5.32. The van der Waals surface area contributed by atoms with Gasteiger partial charge < -0.3 is 9.97 Å². The first-order valence-corrected chi connectivity index (χ1v) is 15.5. The molecule has 0 unspecified atom stereocenters. The summed E-state index contributed by atoms with van der Waals surface area (Å²) in [5.41, 5.74) is 19.8. The van der Waals surface area contributed by atoms with Crippen molar-refractivity contribution >= 4 is 33.2 Å². The second-order valence-corrected chi connectivity index (χ2v) is 14.1. The standard InChI is InChI=1S/C39H45N3/c1-11-26-27(12-2)33-21-35-37(39(8,9)10)23(4)31(41-35)19-25-17-24(28-15-13-14-16-29(25)28)18-30-22(3)36(38(5,6)7)34(40-30)20-32(26)42-33/h13-21,40,42H,11-12H2,1-10H3. The summed E-state index contributed by atoms with van der Waals surface area (Å²) in [6.45, 7) is 22.9. The van der Waals surface area contributed by atoms with Gasteiger partial charge >= 0.3 is 0 Å². The van der Waals surface area contributed by atoms with Crippen molar-refractivity contribution in [2.24, 2.45) is 5.41 Å². The fourth-order valence-corrected chi connectivity index (χ4v) is 7.45. The minimum Gasteiger partial charge on any atom is -0.355 e. The molecule has 3 aromatic heterocycles. The number of aromatic amines is 2. The average Bonchev–Trinajstić information content (AvgIpc) is 3.61. The van der Waals surface area contributed by atoms with Crippen LogP contribution >= 0.6 is 0 Å². The monoisotopic (exact) mass is 555 g/mol.